The molecule has 0 N–H and O–H groups in total. The zero-order chi connectivity index (χ0) is 22.6. The van der Waals surface area contributed by atoms with Crippen LogP contribution in [0, 0.1) is 11.7 Å². The van der Waals surface area contributed by atoms with Crippen molar-refractivity contribution in [3.63, 3.8) is 0 Å². The molecule has 6 heteroatoms. The van der Waals surface area contributed by atoms with E-state index >= 15 is 0 Å². The van der Waals surface area contributed by atoms with Gasteiger partial charge in [-0.25, -0.2) is 9.38 Å². The number of ether oxygens (including phenoxy) is 2. The molecule has 4 rings (SSSR count). The monoisotopic (exact) mass is 439 g/mol. The number of rotatable bonds is 7. The van der Waals surface area contributed by atoms with E-state index in [1.807, 2.05) is 24.3 Å². The predicted octanol–water partition coefficient (Wildman–Crippen LogP) is 4.71. The molecule has 32 heavy (non-hydrogen) atoms. The molecular formula is C26H34FN3O2. The molecule has 1 spiro atoms. The first-order valence-electron chi connectivity index (χ1n) is 11.5. The SMILES string of the molecule is CC(C)COc1ccc(CN(Cc2ccc(F)cc2)C2=NC3(CCN(C)CC3)CO2)cc1. The lowest BCUT2D eigenvalue weighted by atomic mass is 9.90. The van der Waals surface area contributed by atoms with E-state index in [0.717, 1.165) is 42.8 Å². The Morgan fingerprint density at radius 2 is 1.62 bits per heavy atom. The van der Waals surface area contributed by atoms with Crippen molar-refractivity contribution in [1.82, 2.24) is 9.80 Å². The Kier molecular flexibility index (Phi) is 6.99. The summed E-state index contributed by atoms with van der Waals surface area (Å²) >= 11 is 0. The van der Waals surface area contributed by atoms with Crippen molar-refractivity contribution in [2.45, 2.75) is 45.3 Å². The van der Waals surface area contributed by atoms with E-state index in [9.17, 15) is 4.39 Å². The maximum atomic E-state index is 13.4. The average molecular weight is 440 g/mol. The molecule has 5 nitrogen and oxygen atoms in total. The Bertz CT molecular complexity index is 904. The van der Waals surface area contributed by atoms with Crippen molar-refractivity contribution in [2.24, 2.45) is 10.9 Å². The highest BCUT2D eigenvalue weighted by Crippen LogP contribution is 2.32. The maximum absolute atomic E-state index is 13.4. The number of hydrogen-bond donors (Lipinski definition) is 0. The van der Waals surface area contributed by atoms with E-state index in [1.54, 1.807) is 0 Å². The van der Waals surface area contributed by atoms with E-state index in [-0.39, 0.29) is 11.4 Å². The fourth-order valence-electron chi connectivity index (χ4n) is 4.09. The molecule has 2 aromatic carbocycles. The molecular weight excluding hydrogens is 405 g/mol. The van der Waals surface area contributed by atoms with Crippen LogP contribution in [0.25, 0.3) is 0 Å². The van der Waals surface area contributed by atoms with Crippen molar-refractivity contribution in [3.05, 3.63) is 65.5 Å². The van der Waals surface area contributed by atoms with Crippen LogP contribution in [0.2, 0.25) is 0 Å². The van der Waals surface area contributed by atoms with Gasteiger partial charge in [0.2, 0.25) is 0 Å². The molecule has 0 amide bonds. The molecule has 0 radical (unpaired) electrons. The van der Waals surface area contributed by atoms with Crippen molar-refractivity contribution >= 4 is 6.02 Å². The third-order valence-corrected chi connectivity index (χ3v) is 6.16. The van der Waals surface area contributed by atoms with Gasteiger partial charge >= 0.3 is 0 Å². The van der Waals surface area contributed by atoms with Crippen molar-refractivity contribution in [3.8, 4) is 5.75 Å². The summed E-state index contributed by atoms with van der Waals surface area (Å²) in [5.41, 5.74) is 2.07. The number of nitrogens with zero attached hydrogens (tertiary/aromatic N) is 3. The molecule has 0 atom stereocenters. The van der Waals surface area contributed by atoms with Crippen LogP contribution < -0.4 is 4.74 Å². The Hall–Kier alpha value is -2.60. The Balaban J connectivity index is 1.51. The fraction of sp³-hybridized carbons (Fsp3) is 0.500. The largest absolute Gasteiger partial charge is 0.493 e. The Labute approximate surface area is 190 Å². The molecule has 0 aromatic heterocycles. The second kappa shape index (κ2) is 9.90. The summed E-state index contributed by atoms with van der Waals surface area (Å²) in [5, 5.41) is 0. The van der Waals surface area contributed by atoms with E-state index in [0.29, 0.717) is 38.2 Å². The molecule has 0 saturated carbocycles. The lowest BCUT2D eigenvalue weighted by Crippen LogP contribution is -2.42. The van der Waals surface area contributed by atoms with Gasteiger partial charge in [0.25, 0.3) is 6.02 Å². The Morgan fingerprint density at radius 3 is 2.22 bits per heavy atom. The van der Waals surface area contributed by atoms with Gasteiger partial charge in [-0.15, -0.1) is 0 Å². The average Bonchev–Trinajstić information content (AvgIpc) is 3.20. The van der Waals surface area contributed by atoms with Crippen LogP contribution in [0.15, 0.2) is 53.5 Å². The van der Waals surface area contributed by atoms with Crippen LogP contribution in [0.5, 0.6) is 5.75 Å². The van der Waals surface area contributed by atoms with Gasteiger partial charge in [0.15, 0.2) is 0 Å². The van der Waals surface area contributed by atoms with Crippen LogP contribution >= 0.6 is 0 Å². The van der Waals surface area contributed by atoms with Crippen LogP contribution in [0.1, 0.15) is 37.8 Å². The molecule has 2 aromatic rings. The molecule has 2 aliphatic rings. The number of piperidine rings is 1. The first-order valence-corrected chi connectivity index (χ1v) is 11.5. The zero-order valence-corrected chi connectivity index (χ0v) is 19.4. The van der Waals surface area contributed by atoms with Crippen molar-refractivity contribution in [1.29, 1.82) is 0 Å². The number of benzene rings is 2. The number of hydrogen-bond acceptors (Lipinski definition) is 5. The summed E-state index contributed by atoms with van der Waals surface area (Å²) in [4.78, 5) is 9.59. The molecule has 172 valence electrons. The minimum Gasteiger partial charge on any atom is -0.493 e. The van der Waals surface area contributed by atoms with Crippen LogP contribution in [0.4, 0.5) is 4.39 Å². The van der Waals surface area contributed by atoms with E-state index in [2.05, 4.69) is 42.8 Å². The lowest BCUT2D eigenvalue weighted by Gasteiger charge is -2.33. The van der Waals surface area contributed by atoms with E-state index in [1.165, 1.54) is 12.1 Å². The van der Waals surface area contributed by atoms with Crippen molar-refractivity contribution < 1.29 is 13.9 Å². The number of halogens is 1. The standard InChI is InChI=1S/C26H34FN3O2/c1-20(2)18-31-24-10-6-22(7-11-24)17-30(16-21-4-8-23(27)9-5-21)25-28-26(19-32-25)12-14-29(3)15-13-26/h4-11,20H,12-19H2,1-3H3. The normalized spacial score (nSPS) is 18.0. The minimum absolute atomic E-state index is 0.114. The first-order chi connectivity index (χ1) is 15.4. The van der Waals surface area contributed by atoms with Gasteiger partial charge < -0.3 is 19.3 Å². The van der Waals surface area contributed by atoms with Gasteiger partial charge in [-0.3, -0.25) is 0 Å². The quantitative estimate of drug-likeness (QED) is 0.626. The molecule has 0 bridgehead atoms. The minimum atomic E-state index is -0.225. The summed E-state index contributed by atoms with van der Waals surface area (Å²) in [6.07, 6.45) is 2.03. The first kappa shape index (κ1) is 22.6. The van der Waals surface area contributed by atoms with Gasteiger partial charge in [-0.2, -0.15) is 0 Å². The number of aliphatic imine (C=N–C) groups is 1. The third kappa shape index (κ3) is 5.80. The van der Waals surface area contributed by atoms with Crippen LogP contribution in [-0.4, -0.2) is 54.7 Å². The highest BCUT2D eigenvalue weighted by atomic mass is 19.1. The van der Waals surface area contributed by atoms with E-state index < -0.39 is 0 Å². The topological polar surface area (TPSA) is 37.3 Å². The van der Waals surface area contributed by atoms with Gasteiger partial charge in [-0.05, 0) is 61.2 Å². The second-order valence-corrected chi connectivity index (χ2v) is 9.54. The number of likely N-dealkylation sites (tertiary alicyclic amines) is 1. The van der Waals surface area contributed by atoms with Gasteiger partial charge in [0.1, 0.15) is 23.7 Å². The molecule has 1 saturated heterocycles. The summed E-state index contributed by atoms with van der Waals surface area (Å²) in [5.74, 6) is 1.15. The van der Waals surface area contributed by atoms with Gasteiger partial charge in [-0.1, -0.05) is 38.1 Å². The maximum Gasteiger partial charge on any atom is 0.288 e. The van der Waals surface area contributed by atoms with Crippen molar-refractivity contribution in [2.75, 3.05) is 33.4 Å². The summed E-state index contributed by atoms with van der Waals surface area (Å²) in [7, 11) is 2.16. The molecule has 1 fully saturated rings. The summed E-state index contributed by atoms with van der Waals surface area (Å²) < 4.78 is 25.4. The number of amidine groups is 1. The third-order valence-electron chi connectivity index (χ3n) is 6.16. The zero-order valence-electron chi connectivity index (χ0n) is 19.4. The molecule has 0 unspecified atom stereocenters. The second-order valence-electron chi connectivity index (χ2n) is 9.54. The fourth-order valence-corrected chi connectivity index (χ4v) is 4.09. The summed E-state index contributed by atoms with van der Waals surface area (Å²) in [6.45, 7) is 8.97. The van der Waals surface area contributed by atoms with Gasteiger partial charge in [0.05, 0.1) is 6.61 Å². The van der Waals surface area contributed by atoms with Crippen LogP contribution in [-0.2, 0) is 17.8 Å². The summed E-state index contributed by atoms with van der Waals surface area (Å²) in [6, 6.07) is 15.6. The van der Waals surface area contributed by atoms with Crippen LogP contribution in [0.3, 0.4) is 0 Å². The molecule has 0 aliphatic carbocycles. The highest BCUT2D eigenvalue weighted by Gasteiger charge is 2.40. The highest BCUT2D eigenvalue weighted by molar-refractivity contribution is 5.76. The molecule has 2 heterocycles. The molecule has 2 aliphatic heterocycles. The lowest BCUT2D eigenvalue weighted by molar-refractivity contribution is 0.147. The predicted molar refractivity (Wildman–Crippen MR) is 125 cm³/mol. The Morgan fingerprint density at radius 1 is 1.03 bits per heavy atom. The van der Waals surface area contributed by atoms with E-state index in [4.69, 9.17) is 14.5 Å². The smallest absolute Gasteiger partial charge is 0.288 e. The van der Waals surface area contributed by atoms with Gasteiger partial charge in [0, 0.05) is 26.2 Å².